The third-order valence-corrected chi connectivity index (χ3v) is 5.47. The van der Waals surface area contributed by atoms with E-state index in [1.807, 2.05) is 12.1 Å². The third-order valence-electron chi connectivity index (χ3n) is 4.15. The lowest BCUT2D eigenvalue weighted by Gasteiger charge is -2.35. The molecule has 6 heteroatoms. The van der Waals surface area contributed by atoms with E-state index in [9.17, 15) is 0 Å². The Morgan fingerprint density at radius 3 is 2.50 bits per heavy atom. The van der Waals surface area contributed by atoms with Crippen molar-refractivity contribution in [3.63, 3.8) is 0 Å². The molecule has 0 bridgehead atoms. The number of hydrogen-bond donors (Lipinski definition) is 0. The Hall–Kier alpha value is -1.97. The highest BCUT2D eigenvalue weighted by Gasteiger charge is 2.21. The number of nitrogens with zero attached hydrogens (tertiary/aromatic N) is 5. The summed E-state index contributed by atoms with van der Waals surface area (Å²) in [5, 5.41) is 12.2. The van der Waals surface area contributed by atoms with E-state index in [1.165, 1.54) is 10.7 Å². The first-order valence-corrected chi connectivity index (χ1v) is 9.12. The fourth-order valence-electron chi connectivity index (χ4n) is 2.73. The topological polar surface area (TPSA) is 56.1 Å². The quantitative estimate of drug-likeness (QED) is 0.859. The summed E-state index contributed by atoms with van der Waals surface area (Å²) in [4.78, 5) is 13.9. The van der Waals surface area contributed by atoms with Crippen LogP contribution in [0.3, 0.4) is 0 Å². The van der Waals surface area contributed by atoms with Crippen molar-refractivity contribution in [1.82, 2.24) is 14.9 Å². The van der Waals surface area contributed by atoms with Gasteiger partial charge in [0.1, 0.15) is 11.9 Å². The monoisotopic (exact) mass is 341 g/mol. The molecule has 1 aliphatic heterocycles. The van der Waals surface area contributed by atoms with Gasteiger partial charge in [0, 0.05) is 49.7 Å². The van der Waals surface area contributed by atoms with Crippen LogP contribution >= 0.6 is 11.3 Å². The molecule has 1 saturated heterocycles. The van der Waals surface area contributed by atoms with Crippen molar-refractivity contribution in [3.05, 3.63) is 40.0 Å². The van der Waals surface area contributed by atoms with Gasteiger partial charge in [-0.3, -0.25) is 4.90 Å². The van der Waals surface area contributed by atoms with E-state index in [0.29, 0.717) is 5.56 Å². The molecule has 2 aromatic rings. The third kappa shape index (κ3) is 3.92. The minimum Gasteiger partial charge on any atom is -0.354 e. The molecule has 5 nitrogen and oxygen atoms in total. The molecule has 1 aliphatic rings. The molecule has 24 heavy (non-hydrogen) atoms. The summed E-state index contributed by atoms with van der Waals surface area (Å²) in [6.45, 7) is 11.5. The van der Waals surface area contributed by atoms with Crippen LogP contribution < -0.4 is 4.90 Å². The Morgan fingerprint density at radius 1 is 1.21 bits per heavy atom. The number of pyridine rings is 1. The van der Waals surface area contributed by atoms with Gasteiger partial charge in [0.2, 0.25) is 0 Å². The summed E-state index contributed by atoms with van der Waals surface area (Å²) >= 11 is 1.76. The van der Waals surface area contributed by atoms with E-state index in [4.69, 9.17) is 10.2 Å². The molecule has 0 aliphatic carbocycles. The Kier molecular flexibility index (Phi) is 4.83. The summed E-state index contributed by atoms with van der Waals surface area (Å²) in [5.74, 6) is 0.956. The highest BCUT2D eigenvalue weighted by Crippen LogP contribution is 2.26. The molecule has 2 aromatic heterocycles. The predicted octanol–water partition coefficient (Wildman–Crippen LogP) is 3.03. The van der Waals surface area contributed by atoms with Gasteiger partial charge in [0.25, 0.3) is 0 Å². The second-order valence-corrected chi connectivity index (χ2v) is 8.03. The van der Waals surface area contributed by atoms with Crippen molar-refractivity contribution in [2.75, 3.05) is 31.1 Å². The van der Waals surface area contributed by atoms with Gasteiger partial charge in [-0.15, -0.1) is 11.3 Å². The second-order valence-electron chi connectivity index (χ2n) is 7.17. The molecule has 0 amide bonds. The van der Waals surface area contributed by atoms with Crippen molar-refractivity contribution in [1.29, 1.82) is 5.26 Å². The zero-order valence-corrected chi connectivity index (χ0v) is 15.3. The molecule has 0 saturated carbocycles. The van der Waals surface area contributed by atoms with Gasteiger partial charge in [-0.25, -0.2) is 9.97 Å². The van der Waals surface area contributed by atoms with Gasteiger partial charge in [-0.2, -0.15) is 5.26 Å². The summed E-state index contributed by atoms with van der Waals surface area (Å²) in [7, 11) is 0. The van der Waals surface area contributed by atoms with Crippen molar-refractivity contribution in [3.8, 4) is 6.07 Å². The van der Waals surface area contributed by atoms with Gasteiger partial charge in [0.05, 0.1) is 16.3 Å². The minimum atomic E-state index is 0.128. The molecule has 0 spiro atoms. The first-order valence-electron chi connectivity index (χ1n) is 8.24. The standard InChI is InChI=1S/C18H23N5S/c1-18(2,3)17-21-15(13-24-17)12-22-6-8-23(9-7-22)16-5-4-14(10-19)11-20-16/h4-5,11,13H,6-9,12H2,1-3H3. The molecule has 126 valence electrons. The summed E-state index contributed by atoms with van der Waals surface area (Å²) in [5.41, 5.74) is 1.91. The highest BCUT2D eigenvalue weighted by atomic mass is 32.1. The van der Waals surface area contributed by atoms with Crippen LogP contribution in [0.25, 0.3) is 0 Å². The number of rotatable bonds is 3. The minimum absolute atomic E-state index is 0.128. The van der Waals surface area contributed by atoms with E-state index in [1.54, 1.807) is 17.5 Å². The normalized spacial score (nSPS) is 16.2. The first-order chi connectivity index (χ1) is 11.5. The number of nitriles is 1. The molecule has 1 fully saturated rings. The Labute approximate surface area is 147 Å². The van der Waals surface area contributed by atoms with Crippen LogP contribution in [0.15, 0.2) is 23.7 Å². The average Bonchev–Trinajstić information content (AvgIpc) is 3.05. The molecule has 3 rings (SSSR count). The van der Waals surface area contributed by atoms with Crippen LogP contribution in [-0.2, 0) is 12.0 Å². The zero-order chi connectivity index (χ0) is 17.2. The van der Waals surface area contributed by atoms with Gasteiger partial charge in [0.15, 0.2) is 0 Å². The molecule has 0 atom stereocenters. The zero-order valence-electron chi connectivity index (χ0n) is 14.5. The van der Waals surface area contributed by atoms with Crippen molar-refractivity contribution in [2.45, 2.75) is 32.7 Å². The molecule has 0 N–H and O–H groups in total. The molecule has 0 radical (unpaired) electrons. The van der Waals surface area contributed by atoms with E-state index < -0.39 is 0 Å². The SMILES string of the molecule is CC(C)(C)c1nc(CN2CCN(c3ccc(C#N)cn3)CC2)cs1. The molecular formula is C18H23N5S. The smallest absolute Gasteiger partial charge is 0.128 e. The van der Waals surface area contributed by atoms with Crippen LogP contribution in [-0.4, -0.2) is 41.0 Å². The van der Waals surface area contributed by atoms with Crippen molar-refractivity contribution < 1.29 is 0 Å². The Morgan fingerprint density at radius 2 is 1.96 bits per heavy atom. The van der Waals surface area contributed by atoms with Gasteiger partial charge in [-0.1, -0.05) is 20.8 Å². The maximum Gasteiger partial charge on any atom is 0.128 e. The largest absolute Gasteiger partial charge is 0.354 e. The van der Waals surface area contributed by atoms with Crippen molar-refractivity contribution in [2.24, 2.45) is 0 Å². The number of aromatic nitrogens is 2. The van der Waals surface area contributed by atoms with Crippen LogP contribution in [0.1, 0.15) is 37.0 Å². The lowest BCUT2D eigenvalue weighted by molar-refractivity contribution is 0.246. The van der Waals surface area contributed by atoms with E-state index in [2.05, 4.69) is 47.0 Å². The molecule has 0 unspecified atom stereocenters. The lowest BCUT2D eigenvalue weighted by Crippen LogP contribution is -2.46. The number of piperazine rings is 1. The summed E-state index contributed by atoms with van der Waals surface area (Å²) < 4.78 is 0. The highest BCUT2D eigenvalue weighted by molar-refractivity contribution is 7.09. The van der Waals surface area contributed by atoms with E-state index in [0.717, 1.165) is 38.5 Å². The second kappa shape index (κ2) is 6.88. The van der Waals surface area contributed by atoms with E-state index in [-0.39, 0.29) is 5.41 Å². The van der Waals surface area contributed by atoms with Gasteiger partial charge < -0.3 is 4.90 Å². The maximum atomic E-state index is 8.85. The lowest BCUT2D eigenvalue weighted by atomic mass is 9.98. The fraction of sp³-hybridized carbons (Fsp3) is 0.500. The van der Waals surface area contributed by atoms with Gasteiger partial charge >= 0.3 is 0 Å². The maximum absolute atomic E-state index is 8.85. The average molecular weight is 341 g/mol. The van der Waals surface area contributed by atoms with Gasteiger partial charge in [-0.05, 0) is 12.1 Å². The number of thiazole rings is 1. The Bertz CT molecular complexity index is 715. The molecule has 0 aromatic carbocycles. The molecular weight excluding hydrogens is 318 g/mol. The molecule has 3 heterocycles. The predicted molar refractivity (Wildman–Crippen MR) is 97.3 cm³/mol. The van der Waals surface area contributed by atoms with Crippen LogP contribution in [0.5, 0.6) is 0 Å². The van der Waals surface area contributed by atoms with Crippen molar-refractivity contribution >= 4 is 17.2 Å². The van der Waals surface area contributed by atoms with Crippen LogP contribution in [0.4, 0.5) is 5.82 Å². The summed E-state index contributed by atoms with van der Waals surface area (Å²) in [6.07, 6.45) is 1.64. The number of hydrogen-bond acceptors (Lipinski definition) is 6. The van der Waals surface area contributed by atoms with E-state index >= 15 is 0 Å². The van der Waals surface area contributed by atoms with Crippen LogP contribution in [0, 0.1) is 11.3 Å². The van der Waals surface area contributed by atoms with Crippen LogP contribution in [0.2, 0.25) is 0 Å². The number of anilines is 1. The fourth-order valence-corrected chi connectivity index (χ4v) is 3.63. The summed E-state index contributed by atoms with van der Waals surface area (Å²) in [6, 6.07) is 5.87. The first kappa shape index (κ1) is 16.9. The Balaban J connectivity index is 1.55.